The van der Waals surface area contributed by atoms with Gasteiger partial charge in [-0.05, 0) is 22.6 Å². The number of aliphatic hydroxyl groups excluding tert-OH is 1. The van der Waals surface area contributed by atoms with Gasteiger partial charge in [-0.15, -0.1) is 0 Å². The van der Waals surface area contributed by atoms with E-state index in [2.05, 4.69) is 4.98 Å². The maximum Gasteiger partial charge on any atom is 0.418 e. The van der Waals surface area contributed by atoms with Gasteiger partial charge in [0.25, 0.3) is 0 Å². The van der Waals surface area contributed by atoms with E-state index in [1.54, 1.807) is 0 Å². The Balaban J connectivity index is 3.30. The van der Waals surface area contributed by atoms with Gasteiger partial charge in [-0.1, -0.05) is 0 Å². The summed E-state index contributed by atoms with van der Waals surface area (Å²) in [4.78, 5) is 13.7. The molecule has 8 heteroatoms. The highest BCUT2D eigenvalue weighted by molar-refractivity contribution is 14.1. The number of carbonyl (C=O) groups is 1. The first kappa shape index (κ1) is 13.2. The number of halogens is 4. The van der Waals surface area contributed by atoms with Gasteiger partial charge in [-0.25, -0.2) is 4.79 Å². The molecule has 1 aromatic rings. The van der Waals surface area contributed by atoms with Gasteiger partial charge >= 0.3 is 12.1 Å². The fraction of sp³-hybridized carbons (Fsp3) is 0.250. The zero-order valence-corrected chi connectivity index (χ0v) is 9.65. The standard InChI is InChI=1S/C8H5F3INO3/c9-8(10,11)4-2-13-1-3(5(4)12)6(14)7(15)16/h1-2,6,14H,(H,15,16). The quantitative estimate of drug-likeness (QED) is 0.801. The Kier molecular flexibility index (Phi) is 3.73. The van der Waals surface area contributed by atoms with Gasteiger partial charge in [0.2, 0.25) is 0 Å². The fourth-order valence-electron chi connectivity index (χ4n) is 0.982. The summed E-state index contributed by atoms with van der Waals surface area (Å²) in [5, 5.41) is 17.6. The third kappa shape index (κ3) is 2.61. The van der Waals surface area contributed by atoms with Crippen molar-refractivity contribution in [2.24, 2.45) is 0 Å². The van der Waals surface area contributed by atoms with E-state index >= 15 is 0 Å². The van der Waals surface area contributed by atoms with Crippen molar-refractivity contribution in [1.82, 2.24) is 4.98 Å². The van der Waals surface area contributed by atoms with E-state index in [4.69, 9.17) is 10.2 Å². The Morgan fingerprint density at radius 2 is 2.00 bits per heavy atom. The summed E-state index contributed by atoms with van der Waals surface area (Å²) in [7, 11) is 0. The Labute approximate surface area is 101 Å². The number of carboxylic acid groups (broad SMARTS) is 1. The van der Waals surface area contributed by atoms with Crippen LogP contribution in [0.5, 0.6) is 0 Å². The molecule has 0 saturated carbocycles. The maximum atomic E-state index is 12.4. The molecule has 0 aliphatic carbocycles. The van der Waals surface area contributed by atoms with Crippen molar-refractivity contribution in [3.63, 3.8) is 0 Å². The minimum Gasteiger partial charge on any atom is -0.479 e. The van der Waals surface area contributed by atoms with Gasteiger partial charge in [-0.2, -0.15) is 13.2 Å². The van der Waals surface area contributed by atoms with Gasteiger partial charge in [0.15, 0.2) is 6.10 Å². The van der Waals surface area contributed by atoms with Crippen molar-refractivity contribution in [3.8, 4) is 0 Å². The van der Waals surface area contributed by atoms with E-state index in [0.29, 0.717) is 6.20 Å². The number of carboxylic acids is 1. The number of rotatable bonds is 2. The third-order valence-electron chi connectivity index (χ3n) is 1.74. The van der Waals surface area contributed by atoms with Crippen molar-refractivity contribution in [2.75, 3.05) is 0 Å². The van der Waals surface area contributed by atoms with Crippen molar-refractivity contribution in [3.05, 3.63) is 27.1 Å². The van der Waals surface area contributed by atoms with Crippen LogP contribution in [-0.2, 0) is 11.0 Å². The molecule has 0 fully saturated rings. The van der Waals surface area contributed by atoms with Crippen LogP contribution in [-0.4, -0.2) is 21.2 Å². The Bertz CT molecular complexity index is 421. The van der Waals surface area contributed by atoms with Crippen molar-refractivity contribution >= 4 is 28.6 Å². The molecule has 4 nitrogen and oxygen atoms in total. The van der Waals surface area contributed by atoms with Gasteiger partial charge in [0.05, 0.1) is 5.56 Å². The van der Waals surface area contributed by atoms with Gasteiger partial charge < -0.3 is 10.2 Å². The highest BCUT2D eigenvalue weighted by atomic mass is 127. The summed E-state index contributed by atoms with van der Waals surface area (Å²) in [6, 6.07) is 0. The van der Waals surface area contributed by atoms with E-state index < -0.39 is 23.8 Å². The van der Waals surface area contributed by atoms with Crippen molar-refractivity contribution in [2.45, 2.75) is 12.3 Å². The number of aliphatic carboxylic acids is 1. The van der Waals surface area contributed by atoms with Crippen LogP contribution in [0.2, 0.25) is 0 Å². The minimum absolute atomic E-state index is 0.366. The number of aromatic nitrogens is 1. The lowest BCUT2D eigenvalue weighted by molar-refractivity contribution is -0.147. The molecule has 1 rings (SSSR count). The Hall–Kier alpha value is -0.900. The Morgan fingerprint density at radius 1 is 1.44 bits per heavy atom. The minimum atomic E-state index is -4.63. The first-order valence-corrected chi connectivity index (χ1v) is 4.94. The lowest BCUT2D eigenvalue weighted by atomic mass is 10.1. The number of hydrogen-bond acceptors (Lipinski definition) is 3. The van der Waals surface area contributed by atoms with E-state index in [9.17, 15) is 18.0 Å². The summed E-state index contributed by atoms with van der Waals surface area (Å²) >= 11 is 1.33. The average molecular weight is 347 g/mol. The van der Waals surface area contributed by atoms with Gasteiger partial charge in [-0.3, -0.25) is 4.98 Å². The number of aliphatic hydroxyl groups is 1. The molecule has 88 valence electrons. The molecular weight excluding hydrogens is 342 g/mol. The topological polar surface area (TPSA) is 70.4 Å². The van der Waals surface area contributed by atoms with Crippen LogP contribution in [0.3, 0.4) is 0 Å². The molecule has 2 N–H and O–H groups in total. The monoisotopic (exact) mass is 347 g/mol. The second kappa shape index (κ2) is 4.53. The molecule has 16 heavy (non-hydrogen) atoms. The molecule has 0 aromatic carbocycles. The van der Waals surface area contributed by atoms with Crippen LogP contribution in [0.15, 0.2) is 12.4 Å². The van der Waals surface area contributed by atoms with Crippen LogP contribution in [0.25, 0.3) is 0 Å². The van der Waals surface area contributed by atoms with Gasteiger partial charge in [0.1, 0.15) is 0 Å². The molecular formula is C8H5F3INO3. The summed E-state index contributed by atoms with van der Waals surface area (Å²) < 4.78 is 36.9. The number of hydrogen-bond donors (Lipinski definition) is 2. The molecule has 0 aliphatic heterocycles. The zero-order chi connectivity index (χ0) is 12.5. The second-order valence-corrected chi connectivity index (χ2v) is 3.91. The predicted octanol–water partition coefficient (Wildman–Crippen LogP) is 1.82. The SMILES string of the molecule is O=C(O)C(O)c1cncc(C(F)(F)F)c1I. The lowest BCUT2D eigenvalue weighted by Crippen LogP contribution is -2.16. The molecule has 1 aromatic heterocycles. The third-order valence-corrected chi connectivity index (χ3v) is 2.94. The first-order chi connectivity index (χ1) is 7.25. The molecule has 0 radical (unpaired) electrons. The van der Waals surface area contributed by atoms with E-state index in [0.717, 1.165) is 6.20 Å². The summed E-state index contributed by atoms with van der Waals surface area (Å²) in [5.74, 6) is -1.63. The highest BCUT2D eigenvalue weighted by Gasteiger charge is 2.35. The summed E-state index contributed by atoms with van der Waals surface area (Å²) in [5.41, 5.74) is -1.44. The molecule has 0 spiro atoms. The zero-order valence-electron chi connectivity index (χ0n) is 7.49. The molecule has 0 saturated heterocycles. The molecule has 1 heterocycles. The second-order valence-electron chi connectivity index (χ2n) is 2.83. The van der Waals surface area contributed by atoms with Crippen LogP contribution in [0.4, 0.5) is 13.2 Å². The smallest absolute Gasteiger partial charge is 0.418 e. The number of nitrogens with zero attached hydrogens (tertiary/aromatic N) is 1. The van der Waals surface area contributed by atoms with Crippen molar-refractivity contribution < 1.29 is 28.2 Å². The highest BCUT2D eigenvalue weighted by Crippen LogP contribution is 2.34. The van der Waals surface area contributed by atoms with E-state index in [1.165, 1.54) is 22.6 Å². The number of alkyl halides is 3. The van der Waals surface area contributed by atoms with Crippen LogP contribution >= 0.6 is 22.6 Å². The normalized spacial score (nSPS) is 13.6. The van der Waals surface area contributed by atoms with Crippen LogP contribution in [0.1, 0.15) is 17.2 Å². The number of pyridine rings is 1. The summed E-state index contributed by atoms with van der Waals surface area (Å²) in [6.45, 7) is 0. The van der Waals surface area contributed by atoms with Crippen molar-refractivity contribution in [1.29, 1.82) is 0 Å². The predicted molar refractivity (Wildman–Crippen MR) is 54.6 cm³/mol. The fourth-order valence-corrected chi connectivity index (χ4v) is 1.86. The van der Waals surface area contributed by atoms with E-state index in [1.807, 2.05) is 0 Å². The first-order valence-electron chi connectivity index (χ1n) is 3.86. The molecule has 0 bridgehead atoms. The average Bonchev–Trinajstić information content (AvgIpc) is 2.15. The lowest BCUT2D eigenvalue weighted by Gasteiger charge is -2.13. The molecule has 0 amide bonds. The maximum absolute atomic E-state index is 12.4. The summed E-state index contributed by atoms with van der Waals surface area (Å²) in [6.07, 6.45) is -5.16. The Morgan fingerprint density at radius 3 is 2.44 bits per heavy atom. The molecule has 0 aliphatic rings. The molecule has 1 atom stereocenters. The molecule has 1 unspecified atom stereocenters. The largest absolute Gasteiger partial charge is 0.479 e. The van der Waals surface area contributed by atoms with E-state index in [-0.39, 0.29) is 9.13 Å². The van der Waals surface area contributed by atoms with Crippen LogP contribution < -0.4 is 0 Å². The van der Waals surface area contributed by atoms with Gasteiger partial charge in [0, 0.05) is 21.5 Å². The van der Waals surface area contributed by atoms with Crippen LogP contribution in [0, 0.1) is 3.57 Å².